The fourth-order valence-corrected chi connectivity index (χ4v) is 2.36. The molecule has 2 N–H and O–H groups in total. The maximum absolute atomic E-state index is 5.82. The molecule has 0 aromatic heterocycles. The summed E-state index contributed by atoms with van der Waals surface area (Å²) in [6.45, 7) is 4.89. The summed E-state index contributed by atoms with van der Waals surface area (Å²) in [5.74, 6) is 1.40. The minimum atomic E-state index is 0.104. The average Bonchev–Trinajstić information content (AvgIpc) is 2.32. The van der Waals surface area contributed by atoms with Crippen LogP contribution >= 0.6 is 27.5 Å². The van der Waals surface area contributed by atoms with Crippen LogP contribution in [-0.4, -0.2) is 19.3 Å². The van der Waals surface area contributed by atoms with E-state index in [4.69, 9.17) is 26.8 Å². The molecule has 1 aromatic carbocycles. The number of nitrogens with two attached hydrogens (primary N) is 1. The van der Waals surface area contributed by atoms with Gasteiger partial charge in [0, 0.05) is 11.6 Å². The van der Waals surface area contributed by atoms with Gasteiger partial charge in [0.2, 0.25) is 0 Å². The zero-order chi connectivity index (χ0) is 14.3. The van der Waals surface area contributed by atoms with E-state index in [9.17, 15) is 0 Å². The SMILES string of the molecule is CCOc1cc(CC(C)N)cc(Br)c1OC/C=C/Cl. The Kier molecular flexibility index (Phi) is 7.28. The zero-order valence-corrected chi connectivity index (χ0v) is 13.5. The van der Waals surface area contributed by atoms with Crippen molar-refractivity contribution in [2.24, 2.45) is 5.73 Å². The van der Waals surface area contributed by atoms with Crippen molar-refractivity contribution in [2.45, 2.75) is 26.3 Å². The summed E-state index contributed by atoms with van der Waals surface area (Å²) in [6.07, 6.45) is 2.51. The number of benzene rings is 1. The van der Waals surface area contributed by atoms with Crippen molar-refractivity contribution in [2.75, 3.05) is 13.2 Å². The molecule has 3 nitrogen and oxygen atoms in total. The van der Waals surface area contributed by atoms with Crippen molar-refractivity contribution in [1.82, 2.24) is 0 Å². The van der Waals surface area contributed by atoms with Crippen LogP contribution in [0.3, 0.4) is 0 Å². The van der Waals surface area contributed by atoms with E-state index >= 15 is 0 Å². The summed E-state index contributed by atoms with van der Waals surface area (Å²) < 4.78 is 12.1. The third-order valence-electron chi connectivity index (χ3n) is 2.34. The van der Waals surface area contributed by atoms with E-state index in [0.717, 1.165) is 22.2 Å². The van der Waals surface area contributed by atoms with Gasteiger partial charge in [-0.1, -0.05) is 11.6 Å². The molecule has 1 rings (SSSR count). The van der Waals surface area contributed by atoms with Crippen LogP contribution in [0.2, 0.25) is 0 Å². The van der Waals surface area contributed by atoms with E-state index in [0.29, 0.717) is 19.0 Å². The van der Waals surface area contributed by atoms with Gasteiger partial charge in [-0.3, -0.25) is 0 Å². The van der Waals surface area contributed by atoms with Gasteiger partial charge in [0.15, 0.2) is 11.5 Å². The molecule has 0 aliphatic rings. The van der Waals surface area contributed by atoms with Crippen LogP contribution in [0.5, 0.6) is 11.5 Å². The van der Waals surface area contributed by atoms with Crippen LogP contribution in [0.15, 0.2) is 28.2 Å². The topological polar surface area (TPSA) is 44.5 Å². The molecular weight excluding hydrogens is 330 g/mol. The van der Waals surface area contributed by atoms with Crippen LogP contribution in [0.1, 0.15) is 19.4 Å². The molecule has 5 heteroatoms. The Morgan fingerprint density at radius 2 is 2.16 bits per heavy atom. The average molecular weight is 349 g/mol. The lowest BCUT2D eigenvalue weighted by molar-refractivity contribution is 0.295. The minimum Gasteiger partial charge on any atom is -0.490 e. The normalized spacial score (nSPS) is 12.7. The van der Waals surface area contributed by atoms with E-state index in [2.05, 4.69) is 15.9 Å². The van der Waals surface area contributed by atoms with Crippen molar-refractivity contribution in [3.05, 3.63) is 33.8 Å². The highest BCUT2D eigenvalue weighted by atomic mass is 79.9. The second-order valence-corrected chi connectivity index (χ2v) is 5.30. The number of hydrogen-bond donors (Lipinski definition) is 1. The first-order valence-electron chi connectivity index (χ1n) is 6.17. The van der Waals surface area contributed by atoms with Crippen molar-refractivity contribution in [3.63, 3.8) is 0 Å². The highest BCUT2D eigenvalue weighted by Crippen LogP contribution is 2.37. The Hall–Kier alpha value is -0.710. The molecule has 0 fully saturated rings. The highest BCUT2D eigenvalue weighted by molar-refractivity contribution is 9.10. The smallest absolute Gasteiger partial charge is 0.175 e. The van der Waals surface area contributed by atoms with E-state index in [-0.39, 0.29) is 6.04 Å². The maximum atomic E-state index is 5.82. The second-order valence-electron chi connectivity index (χ2n) is 4.19. The first-order valence-corrected chi connectivity index (χ1v) is 7.40. The van der Waals surface area contributed by atoms with Gasteiger partial charge in [0.25, 0.3) is 0 Å². The summed E-state index contributed by atoms with van der Waals surface area (Å²) in [6, 6.07) is 4.08. The maximum Gasteiger partial charge on any atom is 0.175 e. The lowest BCUT2D eigenvalue weighted by Crippen LogP contribution is -2.17. The monoisotopic (exact) mass is 347 g/mol. The van der Waals surface area contributed by atoms with Gasteiger partial charge in [-0.2, -0.15) is 0 Å². The molecule has 0 saturated carbocycles. The molecule has 0 aliphatic heterocycles. The quantitative estimate of drug-likeness (QED) is 0.813. The largest absolute Gasteiger partial charge is 0.490 e. The predicted octanol–water partition coefficient (Wildman–Crippen LogP) is 3.87. The third kappa shape index (κ3) is 5.43. The molecular formula is C14H19BrClNO2. The van der Waals surface area contributed by atoms with Gasteiger partial charge in [0.05, 0.1) is 11.1 Å². The number of hydrogen-bond acceptors (Lipinski definition) is 3. The Balaban J connectivity index is 3.00. The van der Waals surface area contributed by atoms with Gasteiger partial charge in [-0.15, -0.1) is 0 Å². The molecule has 0 aliphatic carbocycles. The van der Waals surface area contributed by atoms with E-state index < -0.39 is 0 Å². The summed E-state index contributed by atoms with van der Waals surface area (Å²) in [5.41, 5.74) is 8.37. The van der Waals surface area contributed by atoms with Gasteiger partial charge in [-0.05, 0) is 60.0 Å². The van der Waals surface area contributed by atoms with Gasteiger partial charge < -0.3 is 15.2 Å². The number of rotatable bonds is 7. The number of ether oxygens (including phenoxy) is 2. The molecule has 0 amide bonds. The Labute approximate surface area is 127 Å². The van der Waals surface area contributed by atoms with Crippen LogP contribution in [0.25, 0.3) is 0 Å². The fraction of sp³-hybridized carbons (Fsp3) is 0.429. The van der Waals surface area contributed by atoms with Crippen LogP contribution in [0, 0.1) is 0 Å². The molecule has 1 unspecified atom stereocenters. The van der Waals surface area contributed by atoms with Crippen LogP contribution in [0.4, 0.5) is 0 Å². The number of halogens is 2. The first kappa shape index (κ1) is 16.3. The van der Waals surface area contributed by atoms with E-state index in [1.807, 2.05) is 26.0 Å². The molecule has 0 heterocycles. The summed E-state index contributed by atoms with van der Waals surface area (Å²) in [7, 11) is 0. The predicted molar refractivity (Wildman–Crippen MR) is 83.2 cm³/mol. The Morgan fingerprint density at radius 1 is 1.42 bits per heavy atom. The van der Waals surface area contributed by atoms with E-state index in [1.54, 1.807) is 6.08 Å². The van der Waals surface area contributed by atoms with Crippen molar-refractivity contribution >= 4 is 27.5 Å². The van der Waals surface area contributed by atoms with E-state index in [1.165, 1.54) is 5.54 Å². The molecule has 1 atom stereocenters. The Bertz CT molecular complexity index is 436. The summed E-state index contributed by atoms with van der Waals surface area (Å²) in [5, 5.41) is 0. The second kappa shape index (κ2) is 8.46. The molecule has 1 aromatic rings. The van der Waals surface area contributed by atoms with Gasteiger partial charge in [-0.25, -0.2) is 0 Å². The molecule has 0 bridgehead atoms. The zero-order valence-electron chi connectivity index (χ0n) is 11.2. The standard InChI is InChI=1S/C14H19BrClNO2/c1-3-18-13-9-11(7-10(2)17)8-12(15)14(13)19-6-4-5-16/h4-5,8-10H,3,6-7,17H2,1-2H3/b5-4+. The van der Waals surface area contributed by atoms with Crippen LogP contribution < -0.4 is 15.2 Å². The molecule has 0 radical (unpaired) electrons. The molecule has 0 spiro atoms. The minimum absolute atomic E-state index is 0.104. The lowest BCUT2D eigenvalue weighted by Gasteiger charge is -2.15. The molecule has 19 heavy (non-hydrogen) atoms. The Morgan fingerprint density at radius 3 is 2.74 bits per heavy atom. The fourth-order valence-electron chi connectivity index (χ4n) is 1.68. The summed E-state index contributed by atoms with van der Waals surface area (Å²) >= 11 is 8.98. The van der Waals surface area contributed by atoms with Crippen molar-refractivity contribution in [3.8, 4) is 11.5 Å². The molecule has 0 saturated heterocycles. The highest BCUT2D eigenvalue weighted by Gasteiger charge is 2.12. The lowest BCUT2D eigenvalue weighted by atomic mass is 10.1. The van der Waals surface area contributed by atoms with Crippen molar-refractivity contribution in [1.29, 1.82) is 0 Å². The first-order chi connectivity index (χ1) is 9.08. The molecule has 106 valence electrons. The summed E-state index contributed by atoms with van der Waals surface area (Å²) in [4.78, 5) is 0. The third-order valence-corrected chi connectivity index (χ3v) is 3.11. The van der Waals surface area contributed by atoms with Gasteiger partial charge in [0.1, 0.15) is 6.61 Å². The van der Waals surface area contributed by atoms with Crippen LogP contribution in [-0.2, 0) is 6.42 Å². The van der Waals surface area contributed by atoms with Gasteiger partial charge >= 0.3 is 0 Å². The van der Waals surface area contributed by atoms with Crippen molar-refractivity contribution < 1.29 is 9.47 Å².